The molecule has 0 heterocycles. The highest BCUT2D eigenvalue weighted by Crippen LogP contribution is 2.16. The third-order valence-electron chi connectivity index (χ3n) is 0.533. The molecule has 0 aromatic heterocycles. The van der Waals surface area contributed by atoms with E-state index in [-0.39, 0.29) is 0 Å². The van der Waals surface area contributed by atoms with E-state index in [4.69, 9.17) is 9.47 Å². The van der Waals surface area contributed by atoms with Crippen molar-refractivity contribution < 1.29 is 14.3 Å². The van der Waals surface area contributed by atoms with Crippen LogP contribution in [0.25, 0.3) is 0 Å². The van der Waals surface area contributed by atoms with E-state index in [0.29, 0.717) is 7.53 Å². The molecule has 68 valence electrons. The maximum atomic E-state index is 10.8. The molecule has 0 aliphatic carbocycles. The minimum Gasteiger partial charge on any atom is -0.388 e. The van der Waals surface area contributed by atoms with Crippen molar-refractivity contribution in [1.29, 1.82) is 0 Å². The van der Waals surface area contributed by atoms with Gasteiger partial charge in [-0.05, 0) is 45.2 Å². The number of carbonyl (C=O) groups is 1. The third kappa shape index (κ3) is 7.11. The van der Waals surface area contributed by atoms with E-state index >= 15 is 0 Å². The highest BCUT2D eigenvalue weighted by molar-refractivity contribution is 14.1. The summed E-state index contributed by atoms with van der Waals surface area (Å²) >= 11 is 7.71. The van der Waals surface area contributed by atoms with Crippen molar-refractivity contribution in [2.45, 2.75) is 0 Å². The van der Waals surface area contributed by atoms with E-state index < -0.39 is 6.16 Å². The maximum absolute atomic E-state index is 10.8. The fourth-order valence-corrected chi connectivity index (χ4v) is 0.838. The van der Waals surface area contributed by atoms with E-state index in [2.05, 4.69) is 0 Å². The Kier molecular flexibility index (Phi) is 9.13. The summed E-state index contributed by atoms with van der Waals surface area (Å²) in [4.78, 5) is 10.8. The molecule has 0 saturated carbocycles. The molecule has 0 atom stereocenters. The zero-order chi connectivity index (χ0) is 9.56. The van der Waals surface area contributed by atoms with Gasteiger partial charge in [0.25, 0.3) is 0 Å². The summed E-state index contributed by atoms with van der Waals surface area (Å²) in [6, 6.07) is 0. The van der Waals surface area contributed by atoms with Crippen LogP contribution in [0.15, 0.2) is 15.7 Å². The van der Waals surface area contributed by atoms with Gasteiger partial charge in [-0.3, -0.25) is 0 Å². The first-order chi connectivity index (χ1) is 5.60. The monoisotopic (exact) mass is 618 g/mol. The van der Waals surface area contributed by atoms with Crippen LogP contribution in [0, 0.1) is 0 Å². The lowest BCUT2D eigenvalue weighted by molar-refractivity contribution is 0.117. The van der Waals surface area contributed by atoms with E-state index in [1.807, 2.05) is 90.4 Å². The average Bonchev–Trinajstić information content (AvgIpc) is 2.03. The molecule has 0 spiro atoms. The van der Waals surface area contributed by atoms with Gasteiger partial charge in [0.2, 0.25) is 0 Å². The maximum Gasteiger partial charge on any atom is 0.520 e. The second-order valence-corrected chi connectivity index (χ2v) is 4.65. The van der Waals surface area contributed by atoms with Crippen molar-refractivity contribution in [3.8, 4) is 0 Å². The first-order valence-corrected chi connectivity index (χ1v) is 7.06. The minimum absolute atomic E-state index is 0.482. The summed E-state index contributed by atoms with van der Waals surface area (Å²) in [7, 11) is 0. The molecule has 0 bridgehead atoms. The molecule has 0 fully saturated rings. The summed E-state index contributed by atoms with van der Waals surface area (Å²) in [5, 5.41) is 0. The Hall–Kier alpha value is 1.67. The van der Waals surface area contributed by atoms with E-state index in [1.165, 1.54) is 0 Å². The van der Waals surface area contributed by atoms with Crippen LogP contribution < -0.4 is 0 Å². The molecule has 0 rings (SSSR count). The minimum atomic E-state index is -0.718. The van der Waals surface area contributed by atoms with Crippen molar-refractivity contribution in [2.75, 3.05) is 0 Å². The number of carbonyl (C=O) groups excluding carboxylic acids is 1. The molecule has 0 saturated heterocycles. The summed E-state index contributed by atoms with van der Waals surface area (Å²) in [6.45, 7) is 0. The SMILES string of the molecule is O=C(OC(I)=CI)OC(I)=CI. The Bertz CT molecular complexity index is 201. The number of ether oxygens (including phenoxy) is 2. The van der Waals surface area contributed by atoms with Crippen LogP contribution >= 0.6 is 90.4 Å². The number of rotatable bonds is 2. The van der Waals surface area contributed by atoms with Crippen molar-refractivity contribution in [3.05, 3.63) is 15.7 Å². The summed E-state index contributed by atoms with van der Waals surface area (Å²) in [6.07, 6.45) is -0.718. The summed E-state index contributed by atoms with van der Waals surface area (Å²) in [5.74, 6) is 0. The lowest BCUT2D eigenvalue weighted by Crippen LogP contribution is -2.01. The molecule has 0 aliphatic rings. The van der Waals surface area contributed by atoms with Crippen LogP contribution in [0.1, 0.15) is 0 Å². The second-order valence-electron chi connectivity index (χ2n) is 1.28. The Morgan fingerprint density at radius 1 is 1.00 bits per heavy atom. The Balaban J connectivity index is 3.91. The second kappa shape index (κ2) is 8.02. The molecule has 3 nitrogen and oxygen atoms in total. The first-order valence-electron chi connectivity index (χ1n) is 2.41. The molecule has 0 N–H and O–H groups in total. The van der Waals surface area contributed by atoms with Crippen molar-refractivity contribution in [1.82, 2.24) is 0 Å². The van der Waals surface area contributed by atoms with Crippen LogP contribution in [-0.4, -0.2) is 6.16 Å². The number of halogens is 4. The Morgan fingerprint density at radius 3 is 1.58 bits per heavy atom. The number of hydrogen-bond donors (Lipinski definition) is 0. The van der Waals surface area contributed by atoms with Gasteiger partial charge < -0.3 is 9.47 Å². The van der Waals surface area contributed by atoms with Crippen LogP contribution in [-0.2, 0) is 9.47 Å². The average molecular weight is 618 g/mol. The quantitative estimate of drug-likeness (QED) is 0.261. The van der Waals surface area contributed by atoms with E-state index in [1.54, 1.807) is 8.17 Å². The predicted molar refractivity (Wildman–Crippen MR) is 79.8 cm³/mol. The molecule has 0 aliphatic heterocycles. The standard InChI is InChI=1S/C5H2I4O3/c6-1-3(8)11-5(10)12-4(9)2-7/h1-2H. The largest absolute Gasteiger partial charge is 0.520 e. The fourth-order valence-electron chi connectivity index (χ4n) is 0.225. The zero-order valence-corrected chi connectivity index (χ0v) is 14.0. The van der Waals surface area contributed by atoms with Gasteiger partial charge in [-0.15, -0.1) is 0 Å². The molecule has 0 aromatic rings. The molecule has 0 radical (unpaired) electrons. The van der Waals surface area contributed by atoms with E-state index in [0.717, 1.165) is 0 Å². The zero-order valence-electron chi connectivity index (χ0n) is 5.39. The molecule has 0 amide bonds. The Morgan fingerprint density at radius 2 is 1.33 bits per heavy atom. The predicted octanol–water partition coefficient (Wildman–Crippen LogP) is 4.48. The molecule has 7 heteroatoms. The summed E-state index contributed by atoms with van der Waals surface area (Å²) in [5.41, 5.74) is 0. The topological polar surface area (TPSA) is 35.5 Å². The van der Waals surface area contributed by atoms with Gasteiger partial charge in [-0.25, -0.2) is 4.79 Å². The van der Waals surface area contributed by atoms with Crippen LogP contribution in [0.2, 0.25) is 0 Å². The van der Waals surface area contributed by atoms with Crippen molar-refractivity contribution >= 4 is 96.5 Å². The normalized spacial score (nSPS) is 12.7. The third-order valence-corrected chi connectivity index (χ3v) is 5.11. The van der Waals surface area contributed by atoms with Gasteiger partial charge in [0.1, 0.15) is 0 Å². The van der Waals surface area contributed by atoms with Gasteiger partial charge >= 0.3 is 6.16 Å². The molecular formula is C5H2I4O3. The lowest BCUT2D eigenvalue weighted by atomic mass is 11.1. The van der Waals surface area contributed by atoms with Gasteiger partial charge in [0, 0.05) is 53.3 Å². The highest BCUT2D eigenvalue weighted by Gasteiger charge is 2.07. The first kappa shape index (κ1) is 13.7. The van der Waals surface area contributed by atoms with Crippen LogP contribution in [0.3, 0.4) is 0 Å². The summed E-state index contributed by atoms with van der Waals surface area (Å²) < 4.78 is 13.6. The number of hydrogen-bond acceptors (Lipinski definition) is 3. The smallest absolute Gasteiger partial charge is 0.388 e. The van der Waals surface area contributed by atoms with E-state index in [9.17, 15) is 4.79 Å². The van der Waals surface area contributed by atoms with Crippen molar-refractivity contribution in [2.24, 2.45) is 0 Å². The van der Waals surface area contributed by atoms with Gasteiger partial charge in [0.05, 0.1) is 0 Å². The molecule has 12 heavy (non-hydrogen) atoms. The van der Waals surface area contributed by atoms with Gasteiger partial charge in [-0.1, -0.05) is 0 Å². The van der Waals surface area contributed by atoms with Crippen LogP contribution in [0.4, 0.5) is 4.79 Å². The molecule has 0 unspecified atom stereocenters. The fraction of sp³-hybridized carbons (Fsp3) is 0. The van der Waals surface area contributed by atoms with Crippen molar-refractivity contribution in [3.63, 3.8) is 0 Å². The molecular weight excluding hydrogens is 616 g/mol. The highest BCUT2D eigenvalue weighted by atomic mass is 127. The van der Waals surface area contributed by atoms with Gasteiger partial charge in [0.15, 0.2) is 7.53 Å². The Labute approximate surface area is 124 Å². The molecule has 0 aromatic carbocycles. The van der Waals surface area contributed by atoms with Gasteiger partial charge in [-0.2, -0.15) is 0 Å². The van der Waals surface area contributed by atoms with Crippen LogP contribution in [0.5, 0.6) is 0 Å². The lowest BCUT2D eigenvalue weighted by Gasteiger charge is -2.01.